The first-order valence-electron chi connectivity index (χ1n) is 5.13. The molecule has 92 valence electrons. The molecule has 0 aliphatic carbocycles. The van der Waals surface area contributed by atoms with Crippen LogP contribution in [0.25, 0.3) is 0 Å². The summed E-state index contributed by atoms with van der Waals surface area (Å²) in [5, 5.41) is 5.87. The number of ether oxygens (including phenoxy) is 1. The number of unbranched alkanes of at least 4 members (excludes halogenated alkanes) is 1. The summed E-state index contributed by atoms with van der Waals surface area (Å²) in [5.74, 6) is 0.166. The summed E-state index contributed by atoms with van der Waals surface area (Å²) in [7, 11) is 3.54. The van der Waals surface area contributed by atoms with Crippen molar-refractivity contribution in [3.8, 4) is 0 Å². The van der Waals surface area contributed by atoms with E-state index in [2.05, 4.69) is 10.6 Å². The van der Waals surface area contributed by atoms with E-state index in [-0.39, 0.29) is 24.2 Å². The summed E-state index contributed by atoms with van der Waals surface area (Å²) in [6.07, 6.45) is 1.98. The average Bonchev–Trinajstić information content (AvgIpc) is 2.17. The predicted octanol–water partition coefficient (Wildman–Crippen LogP) is 0.806. The van der Waals surface area contributed by atoms with Gasteiger partial charge in [0.15, 0.2) is 0 Å². The lowest BCUT2D eigenvalue weighted by molar-refractivity contribution is -0.124. The van der Waals surface area contributed by atoms with E-state index in [0.29, 0.717) is 0 Å². The maximum Gasteiger partial charge on any atom is 0.224 e. The first-order chi connectivity index (χ1) is 6.72. The minimum Gasteiger partial charge on any atom is -0.385 e. The third-order valence-electron chi connectivity index (χ3n) is 2.03. The van der Waals surface area contributed by atoms with E-state index in [1.807, 2.05) is 14.0 Å². The lowest BCUT2D eigenvalue weighted by Crippen LogP contribution is -2.34. The molecule has 0 heterocycles. The summed E-state index contributed by atoms with van der Waals surface area (Å²) in [6.45, 7) is 4.16. The Morgan fingerprint density at radius 1 is 1.40 bits per heavy atom. The molecule has 2 N–H and O–H groups in total. The summed E-state index contributed by atoms with van der Waals surface area (Å²) in [4.78, 5) is 11.4. The zero-order chi connectivity index (χ0) is 10.8. The van der Waals surface area contributed by atoms with Gasteiger partial charge in [-0.3, -0.25) is 4.79 Å². The smallest absolute Gasteiger partial charge is 0.224 e. The van der Waals surface area contributed by atoms with Crippen LogP contribution in [0, 0.1) is 5.92 Å². The zero-order valence-electron chi connectivity index (χ0n) is 9.84. The molecule has 0 aromatic carbocycles. The van der Waals surface area contributed by atoms with E-state index >= 15 is 0 Å². The molecule has 0 radical (unpaired) electrons. The second-order valence-corrected chi connectivity index (χ2v) is 3.45. The molecular formula is C10H23ClN2O2. The van der Waals surface area contributed by atoms with Gasteiger partial charge in [0.1, 0.15) is 0 Å². The molecule has 4 nitrogen and oxygen atoms in total. The van der Waals surface area contributed by atoms with Crippen LogP contribution in [-0.4, -0.2) is 39.8 Å². The van der Waals surface area contributed by atoms with E-state index in [0.717, 1.165) is 32.5 Å². The fraction of sp³-hybridized carbons (Fsp3) is 0.900. The number of carbonyl (C=O) groups is 1. The fourth-order valence-electron chi connectivity index (χ4n) is 1.16. The summed E-state index contributed by atoms with van der Waals surface area (Å²) in [6, 6.07) is 0. The van der Waals surface area contributed by atoms with Crippen LogP contribution >= 0.6 is 12.4 Å². The third-order valence-corrected chi connectivity index (χ3v) is 2.03. The number of hydrogen-bond donors (Lipinski definition) is 2. The van der Waals surface area contributed by atoms with Crippen LogP contribution in [0.2, 0.25) is 0 Å². The van der Waals surface area contributed by atoms with Crippen LogP contribution in [0.5, 0.6) is 0 Å². The van der Waals surface area contributed by atoms with E-state index < -0.39 is 0 Å². The van der Waals surface area contributed by atoms with Gasteiger partial charge in [0, 0.05) is 32.7 Å². The molecule has 0 aliphatic heterocycles. The lowest BCUT2D eigenvalue weighted by Gasteiger charge is -2.11. The molecule has 0 spiro atoms. The molecule has 0 saturated heterocycles. The highest BCUT2D eigenvalue weighted by molar-refractivity contribution is 5.85. The molecule has 0 aromatic rings. The first-order valence-corrected chi connectivity index (χ1v) is 5.13. The number of amides is 1. The molecule has 0 rings (SSSR count). The van der Waals surface area contributed by atoms with Crippen LogP contribution in [0.1, 0.15) is 19.8 Å². The Bertz CT molecular complexity index is 156. The number of carbonyl (C=O) groups excluding carboxylic acids is 1. The Kier molecular flexibility index (Phi) is 13.4. The summed E-state index contributed by atoms with van der Waals surface area (Å²) < 4.78 is 4.91. The molecule has 0 aliphatic rings. The van der Waals surface area contributed by atoms with Gasteiger partial charge in [-0.2, -0.15) is 0 Å². The van der Waals surface area contributed by atoms with Gasteiger partial charge < -0.3 is 15.4 Å². The average molecular weight is 239 g/mol. The molecule has 1 unspecified atom stereocenters. The standard InChI is InChI=1S/C10H22N2O2.ClH/c1-9(8-11-2)10(13)12-6-4-5-7-14-3;/h9,11H,4-8H2,1-3H3,(H,12,13);1H. The van der Waals surface area contributed by atoms with Crippen molar-refractivity contribution in [1.82, 2.24) is 10.6 Å². The Hall–Kier alpha value is -0.320. The van der Waals surface area contributed by atoms with Crippen molar-refractivity contribution in [3.63, 3.8) is 0 Å². The molecule has 15 heavy (non-hydrogen) atoms. The van der Waals surface area contributed by atoms with Crippen molar-refractivity contribution < 1.29 is 9.53 Å². The van der Waals surface area contributed by atoms with Gasteiger partial charge in [0.25, 0.3) is 0 Å². The van der Waals surface area contributed by atoms with Gasteiger partial charge in [-0.15, -0.1) is 12.4 Å². The first kappa shape index (κ1) is 17.1. The lowest BCUT2D eigenvalue weighted by atomic mass is 10.1. The number of halogens is 1. The quantitative estimate of drug-likeness (QED) is 0.616. The fourth-order valence-corrected chi connectivity index (χ4v) is 1.16. The minimum absolute atomic E-state index is 0. The van der Waals surface area contributed by atoms with Crippen molar-refractivity contribution in [2.24, 2.45) is 5.92 Å². The number of nitrogens with one attached hydrogen (secondary N) is 2. The van der Waals surface area contributed by atoms with Gasteiger partial charge in [0.2, 0.25) is 5.91 Å². The number of methoxy groups -OCH3 is 1. The monoisotopic (exact) mass is 238 g/mol. The van der Waals surface area contributed by atoms with Crippen LogP contribution in [-0.2, 0) is 9.53 Å². The Balaban J connectivity index is 0. The molecule has 0 fully saturated rings. The van der Waals surface area contributed by atoms with E-state index in [1.54, 1.807) is 7.11 Å². The third kappa shape index (κ3) is 9.97. The van der Waals surface area contributed by atoms with E-state index in [4.69, 9.17) is 4.74 Å². The molecule has 0 aromatic heterocycles. The largest absolute Gasteiger partial charge is 0.385 e. The maximum atomic E-state index is 11.4. The van der Waals surface area contributed by atoms with Gasteiger partial charge >= 0.3 is 0 Å². The van der Waals surface area contributed by atoms with Crippen LogP contribution < -0.4 is 10.6 Å². The van der Waals surface area contributed by atoms with Crippen molar-refractivity contribution >= 4 is 18.3 Å². The van der Waals surface area contributed by atoms with Crippen molar-refractivity contribution in [2.45, 2.75) is 19.8 Å². The highest BCUT2D eigenvalue weighted by atomic mass is 35.5. The Labute approximate surface area is 98.6 Å². The van der Waals surface area contributed by atoms with Gasteiger partial charge in [-0.05, 0) is 19.9 Å². The molecule has 5 heteroatoms. The number of rotatable bonds is 8. The maximum absolute atomic E-state index is 11.4. The normalized spacial score (nSPS) is 11.7. The Morgan fingerprint density at radius 2 is 2.07 bits per heavy atom. The number of hydrogen-bond acceptors (Lipinski definition) is 3. The topological polar surface area (TPSA) is 50.4 Å². The van der Waals surface area contributed by atoms with Gasteiger partial charge in [-0.1, -0.05) is 6.92 Å². The minimum atomic E-state index is 0. The second-order valence-electron chi connectivity index (χ2n) is 3.45. The SMILES string of the molecule is CNCC(C)C(=O)NCCCCOC.Cl. The predicted molar refractivity (Wildman–Crippen MR) is 64.5 cm³/mol. The van der Waals surface area contributed by atoms with E-state index in [9.17, 15) is 4.79 Å². The van der Waals surface area contributed by atoms with Crippen molar-refractivity contribution in [3.05, 3.63) is 0 Å². The van der Waals surface area contributed by atoms with Gasteiger partial charge in [0.05, 0.1) is 0 Å². The molecule has 1 amide bonds. The molecule has 0 saturated carbocycles. The van der Waals surface area contributed by atoms with Crippen LogP contribution in [0.3, 0.4) is 0 Å². The Morgan fingerprint density at radius 3 is 2.60 bits per heavy atom. The van der Waals surface area contributed by atoms with Crippen molar-refractivity contribution in [1.29, 1.82) is 0 Å². The van der Waals surface area contributed by atoms with Crippen molar-refractivity contribution in [2.75, 3.05) is 33.9 Å². The van der Waals surface area contributed by atoms with Gasteiger partial charge in [-0.25, -0.2) is 0 Å². The van der Waals surface area contributed by atoms with E-state index in [1.165, 1.54) is 0 Å². The molecular weight excluding hydrogens is 216 g/mol. The summed E-state index contributed by atoms with van der Waals surface area (Å²) in [5.41, 5.74) is 0. The summed E-state index contributed by atoms with van der Waals surface area (Å²) >= 11 is 0. The van der Waals surface area contributed by atoms with Crippen LogP contribution in [0.15, 0.2) is 0 Å². The van der Waals surface area contributed by atoms with Crippen LogP contribution in [0.4, 0.5) is 0 Å². The highest BCUT2D eigenvalue weighted by Crippen LogP contribution is 1.93. The molecule has 1 atom stereocenters. The highest BCUT2D eigenvalue weighted by Gasteiger charge is 2.09. The second kappa shape index (κ2) is 11.8. The zero-order valence-corrected chi connectivity index (χ0v) is 10.7. The molecule has 0 bridgehead atoms.